The summed E-state index contributed by atoms with van der Waals surface area (Å²) >= 11 is 0. The zero-order valence-corrected chi connectivity index (χ0v) is 13.8. The van der Waals surface area contributed by atoms with Crippen molar-refractivity contribution >= 4 is 5.91 Å². The second kappa shape index (κ2) is 8.22. The summed E-state index contributed by atoms with van der Waals surface area (Å²) in [4.78, 5) is 12.4. The number of hydrogen-bond donors (Lipinski definition) is 1. The molecule has 0 aliphatic heterocycles. The van der Waals surface area contributed by atoms with Crippen molar-refractivity contribution in [3.05, 3.63) is 60.2 Å². The van der Waals surface area contributed by atoms with Gasteiger partial charge in [0.2, 0.25) is 0 Å². The largest absolute Gasteiger partial charge is 0.497 e. The lowest BCUT2D eigenvalue weighted by Crippen LogP contribution is -2.38. The molecule has 1 N–H and O–H groups in total. The summed E-state index contributed by atoms with van der Waals surface area (Å²) in [5.41, 5.74) is 1.09. The fourth-order valence-corrected chi connectivity index (χ4v) is 2.33. The Morgan fingerprint density at radius 1 is 1.09 bits per heavy atom. The number of carbonyl (C=O) groups is 1. The van der Waals surface area contributed by atoms with E-state index >= 15 is 0 Å². The minimum absolute atomic E-state index is 0.0138. The molecule has 2 unspecified atom stereocenters. The van der Waals surface area contributed by atoms with Crippen molar-refractivity contribution in [1.29, 1.82) is 0 Å². The van der Waals surface area contributed by atoms with Gasteiger partial charge in [-0.2, -0.15) is 0 Å². The van der Waals surface area contributed by atoms with Crippen molar-refractivity contribution in [1.82, 2.24) is 5.32 Å². The Bertz CT molecular complexity index is 628. The highest BCUT2D eigenvalue weighted by atomic mass is 16.5. The Kier molecular flexibility index (Phi) is 6.03. The number of rotatable bonds is 7. The molecular formula is C19H23NO3. The van der Waals surface area contributed by atoms with Crippen LogP contribution >= 0.6 is 0 Å². The van der Waals surface area contributed by atoms with E-state index in [0.29, 0.717) is 11.5 Å². The topological polar surface area (TPSA) is 47.6 Å². The van der Waals surface area contributed by atoms with E-state index in [1.165, 1.54) is 0 Å². The molecule has 1 amide bonds. The summed E-state index contributed by atoms with van der Waals surface area (Å²) in [5, 5.41) is 3.04. The molecule has 2 aromatic rings. The molecule has 0 saturated carbocycles. The van der Waals surface area contributed by atoms with Gasteiger partial charge >= 0.3 is 0 Å². The van der Waals surface area contributed by atoms with Gasteiger partial charge in [-0.25, -0.2) is 0 Å². The Labute approximate surface area is 137 Å². The second-order valence-electron chi connectivity index (χ2n) is 5.32. The van der Waals surface area contributed by atoms with Crippen molar-refractivity contribution in [3.63, 3.8) is 0 Å². The Morgan fingerprint density at radius 2 is 1.78 bits per heavy atom. The number of hydrogen-bond acceptors (Lipinski definition) is 3. The first-order valence-electron chi connectivity index (χ1n) is 7.80. The maximum Gasteiger partial charge on any atom is 0.261 e. The Balaban J connectivity index is 1.98. The molecule has 0 aliphatic carbocycles. The molecule has 0 spiro atoms. The molecule has 4 nitrogen and oxygen atoms in total. The Hall–Kier alpha value is -2.49. The van der Waals surface area contributed by atoms with Gasteiger partial charge in [-0.3, -0.25) is 4.79 Å². The van der Waals surface area contributed by atoms with Crippen molar-refractivity contribution in [2.24, 2.45) is 0 Å². The van der Waals surface area contributed by atoms with E-state index in [1.807, 2.05) is 49.4 Å². The van der Waals surface area contributed by atoms with E-state index in [4.69, 9.17) is 9.47 Å². The monoisotopic (exact) mass is 313 g/mol. The summed E-state index contributed by atoms with van der Waals surface area (Å²) in [6, 6.07) is 17.2. The van der Waals surface area contributed by atoms with Crippen LogP contribution < -0.4 is 14.8 Å². The van der Waals surface area contributed by atoms with E-state index in [-0.39, 0.29) is 11.9 Å². The zero-order valence-electron chi connectivity index (χ0n) is 13.8. The number of benzene rings is 2. The lowest BCUT2D eigenvalue weighted by Gasteiger charge is -2.21. The van der Waals surface area contributed by atoms with Gasteiger partial charge in [0.25, 0.3) is 5.91 Å². The van der Waals surface area contributed by atoms with Crippen molar-refractivity contribution in [2.45, 2.75) is 32.4 Å². The van der Waals surface area contributed by atoms with Gasteiger partial charge in [0.05, 0.1) is 13.2 Å². The third kappa shape index (κ3) is 4.74. The SMILES string of the molecule is CCC(NC(=O)C(C)Oc1cccc(OC)c1)c1ccccc1. The number of carbonyl (C=O) groups excluding carboxylic acids is 1. The second-order valence-corrected chi connectivity index (χ2v) is 5.32. The first kappa shape index (κ1) is 16.9. The summed E-state index contributed by atoms with van der Waals surface area (Å²) < 4.78 is 10.9. The summed E-state index contributed by atoms with van der Waals surface area (Å²) in [6.45, 7) is 3.79. The van der Waals surface area contributed by atoms with Crippen LogP contribution in [-0.4, -0.2) is 19.1 Å². The van der Waals surface area contributed by atoms with Crippen LogP contribution in [0.4, 0.5) is 0 Å². The van der Waals surface area contributed by atoms with Gasteiger partial charge < -0.3 is 14.8 Å². The van der Waals surface area contributed by atoms with Crippen LogP contribution in [0.2, 0.25) is 0 Å². The summed E-state index contributed by atoms with van der Waals surface area (Å²) in [7, 11) is 1.60. The van der Waals surface area contributed by atoms with Crippen molar-refractivity contribution in [3.8, 4) is 11.5 Å². The van der Waals surface area contributed by atoms with Gasteiger partial charge in [0, 0.05) is 6.07 Å². The van der Waals surface area contributed by atoms with Crippen LogP contribution in [0, 0.1) is 0 Å². The molecule has 0 heterocycles. The highest BCUT2D eigenvalue weighted by molar-refractivity contribution is 5.81. The molecule has 0 saturated heterocycles. The predicted molar refractivity (Wildman–Crippen MR) is 90.7 cm³/mol. The van der Waals surface area contributed by atoms with Crippen molar-refractivity contribution in [2.75, 3.05) is 7.11 Å². The number of methoxy groups -OCH3 is 1. The van der Waals surface area contributed by atoms with Gasteiger partial charge in [-0.1, -0.05) is 43.3 Å². The van der Waals surface area contributed by atoms with Gasteiger partial charge in [0.15, 0.2) is 6.10 Å². The third-order valence-electron chi connectivity index (χ3n) is 3.65. The number of amides is 1. The molecule has 2 rings (SSSR count). The standard InChI is InChI=1S/C19H23NO3/c1-4-18(15-9-6-5-7-10-15)20-19(21)14(2)23-17-12-8-11-16(13-17)22-3/h5-14,18H,4H2,1-3H3,(H,20,21). The summed E-state index contributed by atoms with van der Waals surface area (Å²) in [5.74, 6) is 1.18. The molecule has 0 aromatic heterocycles. The highest BCUT2D eigenvalue weighted by Gasteiger charge is 2.19. The van der Waals surface area contributed by atoms with Gasteiger partial charge in [-0.05, 0) is 31.0 Å². The molecule has 0 aliphatic rings. The predicted octanol–water partition coefficient (Wildman–Crippen LogP) is 3.73. The molecule has 122 valence electrons. The number of nitrogens with one attached hydrogen (secondary N) is 1. The minimum Gasteiger partial charge on any atom is -0.497 e. The van der Waals surface area contributed by atoms with E-state index in [9.17, 15) is 4.79 Å². The molecule has 4 heteroatoms. The fraction of sp³-hybridized carbons (Fsp3) is 0.316. The average molecular weight is 313 g/mol. The minimum atomic E-state index is -0.583. The highest BCUT2D eigenvalue weighted by Crippen LogP contribution is 2.21. The van der Waals surface area contributed by atoms with Gasteiger partial charge in [-0.15, -0.1) is 0 Å². The van der Waals surface area contributed by atoms with Gasteiger partial charge in [0.1, 0.15) is 11.5 Å². The molecule has 0 bridgehead atoms. The van der Waals surface area contributed by atoms with E-state index in [0.717, 1.165) is 12.0 Å². The summed E-state index contributed by atoms with van der Waals surface area (Å²) in [6.07, 6.45) is 0.238. The van der Waals surface area contributed by atoms with Crippen LogP contribution in [0.5, 0.6) is 11.5 Å². The number of ether oxygens (including phenoxy) is 2. The van der Waals surface area contributed by atoms with Crippen molar-refractivity contribution < 1.29 is 14.3 Å². The third-order valence-corrected chi connectivity index (χ3v) is 3.65. The van der Waals surface area contributed by atoms with Crippen LogP contribution in [-0.2, 0) is 4.79 Å². The maximum atomic E-state index is 12.4. The van der Waals surface area contributed by atoms with E-state index in [2.05, 4.69) is 5.32 Å². The molecule has 23 heavy (non-hydrogen) atoms. The fourth-order valence-electron chi connectivity index (χ4n) is 2.33. The van der Waals surface area contributed by atoms with E-state index < -0.39 is 6.10 Å². The quantitative estimate of drug-likeness (QED) is 0.847. The first-order valence-corrected chi connectivity index (χ1v) is 7.80. The molecule has 0 fully saturated rings. The smallest absolute Gasteiger partial charge is 0.261 e. The maximum absolute atomic E-state index is 12.4. The molecule has 2 atom stereocenters. The van der Waals surface area contributed by atoms with Crippen LogP contribution in [0.1, 0.15) is 31.9 Å². The Morgan fingerprint density at radius 3 is 2.43 bits per heavy atom. The van der Waals surface area contributed by atoms with Crippen LogP contribution in [0.15, 0.2) is 54.6 Å². The van der Waals surface area contributed by atoms with Crippen LogP contribution in [0.3, 0.4) is 0 Å². The first-order chi connectivity index (χ1) is 11.1. The average Bonchev–Trinajstić information content (AvgIpc) is 2.60. The molecular weight excluding hydrogens is 290 g/mol. The van der Waals surface area contributed by atoms with E-state index in [1.54, 1.807) is 26.2 Å². The van der Waals surface area contributed by atoms with Crippen LogP contribution in [0.25, 0.3) is 0 Å². The lowest BCUT2D eigenvalue weighted by atomic mass is 10.0. The normalized spacial score (nSPS) is 13.0. The zero-order chi connectivity index (χ0) is 16.7. The lowest BCUT2D eigenvalue weighted by molar-refractivity contribution is -0.128. The molecule has 2 aromatic carbocycles. The molecule has 0 radical (unpaired) electrons.